The summed E-state index contributed by atoms with van der Waals surface area (Å²) < 4.78 is 10.7. The topological polar surface area (TPSA) is 30.5 Å². The molecule has 0 saturated heterocycles. The molecule has 1 rings (SSSR count). The van der Waals surface area contributed by atoms with Gasteiger partial charge in [0.2, 0.25) is 0 Å². The third-order valence-corrected chi connectivity index (χ3v) is 3.58. The van der Waals surface area contributed by atoms with Gasteiger partial charge in [-0.3, -0.25) is 0 Å². The van der Waals surface area contributed by atoms with Crippen molar-refractivity contribution < 1.29 is 9.47 Å². The third-order valence-electron chi connectivity index (χ3n) is 3.58. The second-order valence-electron chi connectivity index (χ2n) is 5.18. The molecule has 0 amide bonds. The molecule has 0 aliphatic carbocycles. The fourth-order valence-electron chi connectivity index (χ4n) is 2.23. The van der Waals surface area contributed by atoms with Gasteiger partial charge in [0.25, 0.3) is 0 Å². The lowest BCUT2D eigenvalue weighted by atomic mass is 10.0. The first-order valence-corrected chi connectivity index (χ1v) is 7.05. The van der Waals surface area contributed by atoms with Gasteiger partial charge in [0, 0.05) is 18.2 Å². The van der Waals surface area contributed by atoms with Crippen molar-refractivity contribution in [1.82, 2.24) is 5.32 Å². The molecule has 0 radical (unpaired) electrons. The fourth-order valence-corrected chi connectivity index (χ4v) is 2.23. The van der Waals surface area contributed by atoms with Crippen molar-refractivity contribution in [2.75, 3.05) is 14.2 Å². The van der Waals surface area contributed by atoms with Crippen LogP contribution in [0.25, 0.3) is 0 Å². The Morgan fingerprint density at radius 3 is 2.47 bits per heavy atom. The summed E-state index contributed by atoms with van der Waals surface area (Å²) in [5, 5.41) is 3.55. The first-order valence-electron chi connectivity index (χ1n) is 7.05. The molecule has 1 N–H and O–H groups in total. The predicted octanol–water partition coefficient (Wildman–Crippen LogP) is 3.62. The standard InChI is InChI=1S/C16H27NO2/c1-6-12(2)10-13(3)17-11-14-8-7-9-15(18-4)16(14)19-5/h7-9,12-13,17H,6,10-11H2,1-5H3. The molecule has 0 aliphatic heterocycles. The highest BCUT2D eigenvalue weighted by Gasteiger charge is 2.11. The lowest BCUT2D eigenvalue weighted by Gasteiger charge is -2.19. The lowest BCUT2D eigenvalue weighted by Crippen LogP contribution is -2.27. The van der Waals surface area contributed by atoms with Crippen molar-refractivity contribution in [1.29, 1.82) is 0 Å². The van der Waals surface area contributed by atoms with E-state index in [2.05, 4.69) is 32.2 Å². The Balaban J connectivity index is 2.62. The fraction of sp³-hybridized carbons (Fsp3) is 0.625. The average Bonchev–Trinajstić information content (AvgIpc) is 2.44. The van der Waals surface area contributed by atoms with Gasteiger partial charge in [0.05, 0.1) is 14.2 Å². The van der Waals surface area contributed by atoms with Crippen molar-refractivity contribution in [3.8, 4) is 11.5 Å². The Morgan fingerprint density at radius 2 is 1.89 bits per heavy atom. The minimum absolute atomic E-state index is 0.505. The highest BCUT2D eigenvalue weighted by Crippen LogP contribution is 2.30. The van der Waals surface area contributed by atoms with Crippen molar-refractivity contribution >= 4 is 0 Å². The molecule has 3 nitrogen and oxygen atoms in total. The molecule has 3 heteroatoms. The molecule has 0 spiro atoms. The van der Waals surface area contributed by atoms with Gasteiger partial charge in [-0.1, -0.05) is 32.4 Å². The lowest BCUT2D eigenvalue weighted by molar-refractivity contribution is 0.348. The van der Waals surface area contributed by atoms with E-state index in [9.17, 15) is 0 Å². The Hall–Kier alpha value is -1.22. The molecule has 0 aliphatic rings. The Morgan fingerprint density at radius 1 is 1.16 bits per heavy atom. The molecule has 2 unspecified atom stereocenters. The zero-order chi connectivity index (χ0) is 14.3. The number of nitrogens with one attached hydrogen (secondary N) is 1. The van der Waals surface area contributed by atoms with E-state index in [1.165, 1.54) is 12.8 Å². The van der Waals surface area contributed by atoms with Crippen molar-refractivity contribution in [2.45, 2.75) is 46.2 Å². The molecule has 0 aromatic heterocycles. The molecule has 0 fully saturated rings. The van der Waals surface area contributed by atoms with Crippen LogP contribution in [0.15, 0.2) is 18.2 Å². The van der Waals surface area contributed by atoms with Crippen LogP contribution in [-0.4, -0.2) is 20.3 Å². The maximum absolute atomic E-state index is 5.44. The van der Waals surface area contributed by atoms with E-state index in [1.54, 1.807) is 14.2 Å². The quantitative estimate of drug-likeness (QED) is 0.778. The van der Waals surface area contributed by atoms with Crippen LogP contribution in [0.5, 0.6) is 11.5 Å². The van der Waals surface area contributed by atoms with Gasteiger partial charge in [0.15, 0.2) is 11.5 Å². The molecule has 1 aromatic carbocycles. The smallest absolute Gasteiger partial charge is 0.165 e. The van der Waals surface area contributed by atoms with E-state index in [4.69, 9.17) is 9.47 Å². The summed E-state index contributed by atoms with van der Waals surface area (Å²) in [7, 11) is 3.35. The van der Waals surface area contributed by atoms with Gasteiger partial charge in [-0.05, 0) is 25.3 Å². The van der Waals surface area contributed by atoms with Crippen molar-refractivity contribution in [2.24, 2.45) is 5.92 Å². The highest BCUT2D eigenvalue weighted by molar-refractivity contribution is 5.46. The van der Waals surface area contributed by atoms with Crippen LogP contribution in [0.4, 0.5) is 0 Å². The Kier molecular flexibility index (Phi) is 6.71. The number of hydrogen-bond acceptors (Lipinski definition) is 3. The Bertz CT molecular complexity index is 379. The minimum Gasteiger partial charge on any atom is -0.493 e. The van der Waals surface area contributed by atoms with Crippen LogP contribution in [0.1, 0.15) is 39.2 Å². The van der Waals surface area contributed by atoms with Crippen LogP contribution in [0.3, 0.4) is 0 Å². The van der Waals surface area contributed by atoms with Crippen molar-refractivity contribution in [3.05, 3.63) is 23.8 Å². The van der Waals surface area contributed by atoms with E-state index in [1.807, 2.05) is 12.1 Å². The minimum atomic E-state index is 0.505. The summed E-state index contributed by atoms with van der Waals surface area (Å²) >= 11 is 0. The molecule has 1 aromatic rings. The second-order valence-corrected chi connectivity index (χ2v) is 5.18. The van der Waals surface area contributed by atoms with E-state index in [0.717, 1.165) is 29.5 Å². The maximum Gasteiger partial charge on any atom is 0.165 e. The number of rotatable bonds is 8. The van der Waals surface area contributed by atoms with Crippen LogP contribution in [-0.2, 0) is 6.54 Å². The van der Waals surface area contributed by atoms with Crippen LogP contribution < -0.4 is 14.8 Å². The summed E-state index contributed by atoms with van der Waals surface area (Å²) in [5.74, 6) is 2.37. The van der Waals surface area contributed by atoms with E-state index < -0.39 is 0 Å². The number of methoxy groups -OCH3 is 2. The molecule has 2 atom stereocenters. The maximum atomic E-state index is 5.44. The predicted molar refractivity (Wildman–Crippen MR) is 79.9 cm³/mol. The molecular formula is C16H27NO2. The van der Waals surface area contributed by atoms with Crippen LogP contribution in [0, 0.1) is 5.92 Å². The SMILES string of the molecule is CCC(C)CC(C)NCc1cccc(OC)c1OC. The molecule has 108 valence electrons. The first-order chi connectivity index (χ1) is 9.12. The number of para-hydroxylation sites is 1. The highest BCUT2D eigenvalue weighted by atomic mass is 16.5. The van der Waals surface area contributed by atoms with E-state index in [0.29, 0.717) is 6.04 Å². The Labute approximate surface area is 117 Å². The molecule has 0 bridgehead atoms. The molecule has 19 heavy (non-hydrogen) atoms. The first kappa shape index (κ1) is 15.8. The van der Waals surface area contributed by atoms with Gasteiger partial charge in [-0.2, -0.15) is 0 Å². The average molecular weight is 265 g/mol. The zero-order valence-corrected chi connectivity index (χ0v) is 12.8. The van der Waals surface area contributed by atoms with E-state index in [-0.39, 0.29) is 0 Å². The number of benzene rings is 1. The van der Waals surface area contributed by atoms with Gasteiger partial charge in [-0.15, -0.1) is 0 Å². The third kappa shape index (κ3) is 4.75. The molecule has 0 saturated carbocycles. The summed E-state index contributed by atoms with van der Waals surface area (Å²) in [6, 6.07) is 6.50. The normalized spacial score (nSPS) is 13.9. The summed E-state index contributed by atoms with van der Waals surface area (Å²) in [6.45, 7) is 7.57. The second kappa shape index (κ2) is 8.05. The van der Waals surface area contributed by atoms with E-state index >= 15 is 0 Å². The monoisotopic (exact) mass is 265 g/mol. The van der Waals surface area contributed by atoms with Gasteiger partial charge in [0.1, 0.15) is 0 Å². The summed E-state index contributed by atoms with van der Waals surface area (Å²) in [4.78, 5) is 0. The summed E-state index contributed by atoms with van der Waals surface area (Å²) in [6.07, 6.45) is 2.43. The number of ether oxygens (including phenoxy) is 2. The largest absolute Gasteiger partial charge is 0.493 e. The number of hydrogen-bond donors (Lipinski definition) is 1. The van der Waals surface area contributed by atoms with Gasteiger partial charge in [-0.25, -0.2) is 0 Å². The molecular weight excluding hydrogens is 238 g/mol. The zero-order valence-electron chi connectivity index (χ0n) is 12.8. The van der Waals surface area contributed by atoms with Gasteiger partial charge >= 0.3 is 0 Å². The van der Waals surface area contributed by atoms with Crippen LogP contribution in [0.2, 0.25) is 0 Å². The van der Waals surface area contributed by atoms with Crippen molar-refractivity contribution in [3.63, 3.8) is 0 Å². The van der Waals surface area contributed by atoms with Gasteiger partial charge < -0.3 is 14.8 Å². The summed E-state index contributed by atoms with van der Waals surface area (Å²) in [5.41, 5.74) is 1.14. The van der Waals surface area contributed by atoms with Crippen LogP contribution >= 0.6 is 0 Å². The molecule has 0 heterocycles.